The molecule has 0 radical (unpaired) electrons. The van der Waals surface area contributed by atoms with E-state index in [1.54, 1.807) is 19.2 Å². The molecule has 1 aliphatic rings. The number of rotatable bonds is 6. The van der Waals surface area contributed by atoms with Gasteiger partial charge in [0.25, 0.3) is 0 Å². The molecule has 4 nitrogen and oxygen atoms in total. The number of likely N-dealkylation sites (tertiary alicyclic amines) is 1. The number of halogens is 1. The van der Waals surface area contributed by atoms with Gasteiger partial charge in [0.2, 0.25) is 5.91 Å². The normalized spacial score (nSPS) is 23.1. The van der Waals surface area contributed by atoms with Crippen molar-refractivity contribution in [2.45, 2.75) is 31.3 Å². The molecule has 1 aromatic rings. The minimum absolute atomic E-state index is 0.218. The molecule has 1 amide bonds. The summed E-state index contributed by atoms with van der Waals surface area (Å²) in [6, 6.07) is 6.72. The van der Waals surface area contributed by atoms with Gasteiger partial charge in [-0.05, 0) is 25.5 Å². The number of carbonyl (C=O) groups is 1. The molecule has 0 spiro atoms. The fourth-order valence-corrected chi connectivity index (χ4v) is 3.08. The van der Waals surface area contributed by atoms with E-state index in [0.29, 0.717) is 18.7 Å². The van der Waals surface area contributed by atoms with E-state index in [-0.39, 0.29) is 18.1 Å². The number of hydrogen-bond acceptors (Lipinski definition) is 3. The molecule has 5 heteroatoms. The van der Waals surface area contributed by atoms with Crippen LogP contribution in [-0.2, 0) is 16.1 Å². The van der Waals surface area contributed by atoms with Crippen LogP contribution < -0.4 is 5.73 Å². The lowest BCUT2D eigenvalue weighted by Crippen LogP contribution is -2.49. The number of benzene rings is 1. The van der Waals surface area contributed by atoms with Crippen molar-refractivity contribution in [1.29, 1.82) is 0 Å². The van der Waals surface area contributed by atoms with Crippen molar-refractivity contribution in [1.82, 2.24) is 4.90 Å². The fraction of sp³-hybridized carbons (Fsp3) is 0.533. The van der Waals surface area contributed by atoms with Crippen LogP contribution in [0.4, 0.5) is 4.39 Å². The van der Waals surface area contributed by atoms with Gasteiger partial charge in [-0.3, -0.25) is 9.69 Å². The number of ether oxygens (including phenoxy) is 1. The van der Waals surface area contributed by atoms with Gasteiger partial charge in [0.05, 0.1) is 12.1 Å². The van der Waals surface area contributed by atoms with Crippen LogP contribution in [0.25, 0.3) is 0 Å². The Bertz CT molecular complexity index is 481. The summed E-state index contributed by atoms with van der Waals surface area (Å²) in [5.41, 5.74) is 5.62. The smallest absolute Gasteiger partial charge is 0.219 e. The monoisotopic (exact) mass is 280 g/mol. The van der Waals surface area contributed by atoms with E-state index < -0.39 is 5.54 Å². The lowest BCUT2D eigenvalue weighted by Gasteiger charge is -2.37. The van der Waals surface area contributed by atoms with Crippen LogP contribution in [0.2, 0.25) is 0 Å². The zero-order valence-corrected chi connectivity index (χ0v) is 11.8. The molecular weight excluding hydrogens is 259 g/mol. The van der Waals surface area contributed by atoms with Crippen LogP contribution in [0.15, 0.2) is 24.3 Å². The van der Waals surface area contributed by atoms with E-state index in [1.807, 2.05) is 6.07 Å². The van der Waals surface area contributed by atoms with Gasteiger partial charge in [0, 0.05) is 25.6 Å². The second kappa shape index (κ2) is 6.33. The fourth-order valence-electron chi connectivity index (χ4n) is 3.08. The topological polar surface area (TPSA) is 55.6 Å². The maximum Gasteiger partial charge on any atom is 0.219 e. The Hall–Kier alpha value is -1.46. The number of amides is 1. The highest BCUT2D eigenvalue weighted by Crippen LogP contribution is 2.34. The lowest BCUT2D eigenvalue weighted by atomic mass is 9.92. The first kappa shape index (κ1) is 14.9. The van der Waals surface area contributed by atoms with Crippen LogP contribution in [0.1, 0.15) is 24.8 Å². The van der Waals surface area contributed by atoms with Crippen molar-refractivity contribution >= 4 is 5.91 Å². The molecule has 0 aliphatic carbocycles. The van der Waals surface area contributed by atoms with E-state index >= 15 is 0 Å². The van der Waals surface area contributed by atoms with Crippen molar-refractivity contribution in [3.05, 3.63) is 35.6 Å². The molecule has 1 aromatic carbocycles. The van der Waals surface area contributed by atoms with Gasteiger partial charge < -0.3 is 10.5 Å². The summed E-state index contributed by atoms with van der Waals surface area (Å²) in [5.74, 6) is -0.563. The number of nitrogens with zero attached hydrogens (tertiary/aromatic N) is 1. The Morgan fingerprint density at radius 2 is 2.25 bits per heavy atom. The Balaban J connectivity index is 2.20. The average Bonchev–Trinajstić information content (AvgIpc) is 2.75. The summed E-state index contributed by atoms with van der Waals surface area (Å²) in [6.07, 6.45) is 2.05. The van der Waals surface area contributed by atoms with Crippen LogP contribution in [0, 0.1) is 5.82 Å². The molecule has 1 aliphatic heterocycles. The maximum atomic E-state index is 13.8. The van der Waals surface area contributed by atoms with Crippen LogP contribution in [0.3, 0.4) is 0 Å². The van der Waals surface area contributed by atoms with Gasteiger partial charge in [-0.2, -0.15) is 0 Å². The number of methoxy groups -OCH3 is 1. The second-order valence-corrected chi connectivity index (χ2v) is 5.42. The quantitative estimate of drug-likeness (QED) is 0.862. The van der Waals surface area contributed by atoms with Crippen LogP contribution in [-0.4, -0.2) is 36.6 Å². The van der Waals surface area contributed by atoms with Gasteiger partial charge in [-0.25, -0.2) is 4.39 Å². The summed E-state index contributed by atoms with van der Waals surface area (Å²) >= 11 is 0. The standard InChI is InChI=1S/C15H21FN2O2/c1-20-11-15(9-14(17)19)7-4-8-18(15)10-12-5-2-3-6-13(12)16/h2-3,5-6H,4,7-11H2,1H3,(H2,17,19)/t15-/m1/s1. The molecule has 2 N–H and O–H groups in total. The third-order valence-electron chi connectivity index (χ3n) is 3.98. The van der Waals surface area contributed by atoms with Crippen molar-refractivity contribution in [2.75, 3.05) is 20.3 Å². The number of primary amides is 1. The third-order valence-corrected chi connectivity index (χ3v) is 3.98. The molecule has 20 heavy (non-hydrogen) atoms. The zero-order valence-electron chi connectivity index (χ0n) is 11.8. The van der Waals surface area contributed by atoms with E-state index in [4.69, 9.17) is 10.5 Å². The van der Waals surface area contributed by atoms with E-state index in [2.05, 4.69) is 4.90 Å². The molecule has 1 fully saturated rings. The Kier molecular flexibility index (Phi) is 4.73. The first-order valence-electron chi connectivity index (χ1n) is 6.83. The first-order valence-corrected chi connectivity index (χ1v) is 6.83. The molecular formula is C15H21FN2O2. The summed E-state index contributed by atoms with van der Waals surface area (Å²) in [6.45, 7) is 1.73. The van der Waals surface area contributed by atoms with E-state index in [1.165, 1.54) is 6.07 Å². The lowest BCUT2D eigenvalue weighted by molar-refractivity contribution is -0.121. The molecule has 1 saturated heterocycles. The largest absolute Gasteiger partial charge is 0.383 e. The molecule has 2 rings (SSSR count). The molecule has 0 bridgehead atoms. The van der Waals surface area contributed by atoms with Gasteiger partial charge in [0.1, 0.15) is 5.82 Å². The summed E-state index contributed by atoms with van der Waals surface area (Å²) in [4.78, 5) is 13.5. The molecule has 1 heterocycles. The third kappa shape index (κ3) is 3.16. The zero-order chi connectivity index (χ0) is 14.6. The maximum absolute atomic E-state index is 13.8. The minimum atomic E-state index is -0.400. The molecule has 0 saturated carbocycles. The second-order valence-electron chi connectivity index (χ2n) is 5.42. The first-order chi connectivity index (χ1) is 9.57. The van der Waals surface area contributed by atoms with Crippen LogP contribution in [0.5, 0.6) is 0 Å². The Labute approximate surface area is 118 Å². The Morgan fingerprint density at radius 1 is 1.50 bits per heavy atom. The Morgan fingerprint density at radius 3 is 2.90 bits per heavy atom. The molecule has 1 atom stereocenters. The van der Waals surface area contributed by atoms with Crippen LogP contribution >= 0.6 is 0 Å². The predicted octanol–water partition coefficient (Wildman–Crippen LogP) is 1.68. The van der Waals surface area contributed by atoms with Gasteiger partial charge in [0.15, 0.2) is 0 Å². The highest BCUT2D eigenvalue weighted by Gasteiger charge is 2.42. The number of hydrogen-bond donors (Lipinski definition) is 1. The highest BCUT2D eigenvalue weighted by molar-refractivity contribution is 5.75. The van der Waals surface area contributed by atoms with Crippen molar-refractivity contribution in [3.63, 3.8) is 0 Å². The van der Waals surface area contributed by atoms with Gasteiger partial charge >= 0.3 is 0 Å². The average molecular weight is 280 g/mol. The van der Waals surface area contributed by atoms with E-state index in [9.17, 15) is 9.18 Å². The van der Waals surface area contributed by atoms with Crippen molar-refractivity contribution in [3.8, 4) is 0 Å². The predicted molar refractivity (Wildman–Crippen MR) is 74.5 cm³/mol. The summed E-state index contributed by atoms with van der Waals surface area (Å²) < 4.78 is 19.1. The number of carbonyl (C=O) groups excluding carboxylic acids is 1. The van der Waals surface area contributed by atoms with E-state index in [0.717, 1.165) is 19.4 Å². The SMILES string of the molecule is COC[C@]1(CC(N)=O)CCCN1Cc1ccccc1F. The van der Waals surface area contributed by atoms with Gasteiger partial charge in [-0.15, -0.1) is 0 Å². The minimum Gasteiger partial charge on any atom is -0.383 e. The number of nitrogens with two attached hydrogens (primary N) is 1. The van der Waals surface area contributed by atoms with Crippen molar-refractivity contribution in [2.24, 2.45) is 5.73 Å². The molecule has 0 aromatic heterocycles. The molecule has 0 unspecified atom stereocenters. The van der Waals surface area contributed by atoms with Crippen molar-refractivity contribution < 1.29 is 13.9 Å². The summed E-state index contributed by atoms with van der Waals surface area (Å²) in [7, 11) is 1.61. The summed E-state index contributed by atoms with van der Waals surface area (Å²) in [5, 5.41) is 0. The molecule has 110 valence electrons. The van der Waals surface area contributed by atoms with Gasteiger partial charge in [-0.1, -0.05) is 18.2 Å². The highest BCUT2D eigenvalue weighted by atomic mass is 19.1.